The molecule has 2 fully saturated rings. The number of nitrogens with zero attached hydrogens (tertiary/aromatic N) is 3. The summed E-state index contributed by atoms with van der Waals surface area (Å²) in [7, 11) is 1.90. The molecule has 23 heavy (non-hydrogen) atoms. The van der Waals surface area contributed by atoms with E-state index in [0.29, 0.717) is 12.1 Å². The molecule has 2 rings (SSSR count). The van der Waals surface area contributed by atoms with Crippen molar-refractivity contribution in [3.8, 4) is 0 Å². The summed E-state index contributed by atoms with van der Waals surface area (Å²) in [5.41, 5.74) is 0. The summed E-state index contributed by atoms with van der Waals surface area (Å²) in [5, 5.41) is 3.62. The maximum atomic E-state index is 5.74. The number of likely N-dealkylation sites (tertiary alicyclic amines) is 2. The van der Waals surface area contributed by atoms with E-state index in [4.69, 9.17) is 4.74 Å². The Morgan fingerprint density at radius 1 is 1.22 bits per heavy atom. The van der Waals surface area contributed by atoms with Crippen LogP contribution in [0.2, 0.25) is 0 Å². The van der Waals surface area contributed by atoms with Crippen molar-refractivity contribution >= 4 is 5.96 Å². The van der Waals surface area contributed by atoms with E-state index in [1.807, 2.05) is 7.05 Å². The van der Waals surface area contributed by atoms with E-state index in [-0.39, 0.29) is 0 Å². The first-order valence-corrected chi connectivity index (χ1v) is 9.45. The quantitative estimate of drug-likeness (QED) is 0.622. The van der Waals surface area contributed by atoms with Gasteiger partial charge in [0.05, 0.1) is 6.10 Å². The zero-order chi connectivity index (χ0) is 16.7. The molecule has 1 unspecified atom stereocenters. The van der Waals surface area contributed by atoms with E-state index in [9.17, 15) is 0 Å². The standard InChI is InChI=1S/C18H36N4O/c1-5-23-17-8-11-21(12-9-17)18(19-4)20-13-16-7-6-10-22(14-16)15(2)3/h15-17H,5-14H2,1-4H3,(H,19,20). The Morgan fingerprint density at radius 3 is 2.57 bits per heavy atom. The van der Waals surface area contributed by atoms with Gasteiger partial charge in [0.1, 0.15) is 0 Å². The van der Waals surface area contributed by atoms with Crippen LogP contribution in [0.3, 0.4) is 0 Å². The third-order valence-electron chi connectivity index (χ3n) is 5.19. The van der Waals surface area contributed by atoms with Crippen LogP contribution < -0.4 is 5.32 Å². The average molecular weight is 325 g/mol. The van der Waals surface area contributed by atoms with Crippen LogP contribution in [-0.2, 0) is 4.74 Å². The van der Waals surface area contributed by atoms with Gasteiger partial charge < -0.3 is 19.9 Å². The highest BCUT2D eigenvalue weighted by molar-refractivity contribution is 5.79. The number of hydrogen-bond donors (Lipinski definition) is 1. The van der Waals surface area contributed by atoms with Crippen molar-refractivity contribution < 1.29 is 4.74 Å². The van der Waals surface area contributed by atoms with Crippen LogP contribution in [0.25, 0.3) is 0 Å². The lowest BCUT2D eigenvalue weighted by Gasteiger charge is -2.37. The normalized spacial score (nSPS) is 25.2. The van der Waals surface area contributed by atoms with Gasteiger partial charge >= 0.3 is 0 Å². The second-order valence-corrected chi connectivity index (χ2v) is 7.17. The molecule has 2 aliphatic rings. The molecule has 2 aliphatic heterocycles. The summed E-state index contributed by atoms with van der Waals surface area (Å²) in [6.45, 7) is 13.1. The van der Waals surface area contributed by atoms with Gasteiger partial charge in [-0.25, -0.2) is 0 Å². The Balaban J connectivity index is 1.75. The second kappa shape index (κ2) is 9.48. The molecule has 0 aromatic heterocycles. The van der Waals surface area contributed by atoms with Crippen molar-refractivity contribution in [1.82, 2.24) is 15.1 Å². The third-order valence-corrected chi connectivity index (χ3v) is 5.19. The minimum Gasteiger partial charge on any atom is -0.378 e. The molecule has 5 nitrogen and oxygen atoms in total. The van der Waals surface area contributed by atoms with Gasteiger partial charge in [-0.1, -0.05) is 0 Å². The van der Waals surface area contributed by atoms with Crippen LogP contribution >= 0.6 is 0 Å². The Kier molecular flexibility index (Phi) is 7.63. The van der Waals surface area contributed by atoms with Crippen molar-refractivity contribution in [2.45, 2.75) is 58.6 Å². The van der Waals surface area contributed by atoms with E-state index < -0.39 is 0 Å². The summed E-state index contributed by atoms with van der Waals surface area (Å²) < 4.78 is 5.74. The molecule has 134 valence electrons. The summed E-state index contributed by atoms with van der Waals surface area (Å²) in [6.07, 6.45) is 5.31. The smallest absolute Gasteiger partial charge is 0.193 e. The predicted octanol–water partition coefficient (Wildman–Crippen LogP) is 2.18. The molecular formula is C18H36N4O. The molecule has 1 atom stereocenters. The number of aliphatic imine (C=N–C) groups is 1. The highest BCUT2D eigenvalue weighted by Crippen LogP contribution is 2.18. The minimum absolute atomic E-state index is 0.437. The van der Waals surface area contributed by atoms with Gasteiger partial charge in [-0.3, -0.25) is 4.99 Å². The second-order valence-electron chi connectivity index (χ2n) is 7.17. The van der Waals surface area contributed by atoms with Crippen LogP contribution in [0.4, 0.5) is 0 Å². The van der Waals surface area contributed by atoms with Gasteiger partial charge in [-0.05, 0) is 58.9 Å². The molecular weight excluding hydrogens is 288 g/mol. The fourth-order valence-corrected chi connectivity index (χ4v) is 3.77. The van der Waals surface area contributed by atoms with E-state index in [0.717, 1.165) is 51.0 Å². The molecule has 5 heteroatoms. The molecule has 1 N–H and O–H groups in total. The van der Waals surface area contributed by atoms with Crippen molar-refractivity contribution in [3.05, 3.63) is 0 Å². The monoisotopic (exact) mass is 324 g/mol. The van der Waals surface area contributed by atoms with Gasteiger partial charge in [0.2, 0.25) is 0 Å². The Hall–Kier alpha value is -0.810. The fourth-order valence-electron chi connectivity index (χ4n) is 3.77. The highest BCUT2D eigenvalue weighted by atomic mass is 16.5. The van der Waals surface area contributed by atoms with Crippen LogP contribution in [0.5, 0.6) is 0 Å². The molecule has 0 aromatic rings. The van der Waals surface area contributed by atoms with Gasteiger partial charge in [0.15, 0.2) is 5.96 Å². The number of rotatable bonds is 5. The van der Waals surface area contributed by atoms with Crippen LogP contribution in [0, 0.1) is 5.92 Å². The average Bonchev–Trinajstić information content (AvgIpc) is 2.57. The molecule has 0 radical (unpaired) electrons. The van der Waals surface area contributed by atoms with E-state index in [1.54, 1.807) is 0 Å². The molecule has 0 aliphatic carbocycles. The van der Waals surface area contributed by atoms with Crippen LogP contribution in [0.15, 0.2) is 4.99 Å². The molecule has 2 heterocycles. The van der Waals surface area contributed by atoms with Gasteiger partial charge in [0.25, 0.3) is 0 Å². The maximum absolute atomic E-state index is 5.74. The Morgan fingerprint density at radius 2 is 1.96 bits per heavy atom. The Bertz CT molecular complexity index is 364. The lowest BCUT2D eigenvalue weighted by Crippen LogP contribution is -2.49. The van der Waals surface area contributed by atoms with Crippen molar-refractivity contribution in [3.63, 3.8) is 0 Å². The minimum atomic E-state index is 0.437. The van der Waals surface area contributed by atoms with Crippen molar-refractivity contribution in [2.75, 3.05) is 46.4 Å². The Labute approximate surface area is 142 Å². The summed E-state index contributed by atoms with van der Waals surface area (Å²) in [4.78, 5) is 9.49. The van der Waals surface area contributed by atoms with Crippen LogP contribution in [0.1, 0.15) is 46.5 Å². The van der Waals surface area contributed by atoms with Crippen LogP contribution in [-0.4, -0.2) is 74.3 Å². The number of piperidine rings is 2. The number of ether oxygens (including phenoxy) is 1. The highest BCUT2D eigenvalue weighted by Gasteiger charge is 2.24. The zero-order valence-electron chi connectivity index (χ0n) is 15.6. The molecule has 0 amide bonds. The van der Waals surface area contributed by atoms with Gasteiger partial charge in [-0.15, -0.1) is 0 Å². The topological polar surface area (TPSA) is 40.1 Å². The first kappa shape index (κ1) is 18.5. The van der Waals surface area contributed by atoms with E-state index in [1.165, 1.54) is 25.9 Å². The molecule has 0 saturated carbocycles. The van der Waals surface area contributed by atoms with E-state index >= 15 is 0 Å². The first-order valence-electron chi connectivity index (χ1n) is 9.45. The third kappa shape index (κ3) is 5.64. The lowest BCUT2D eigenvalue weighted by atomic mass is 9.97. The fraction of sp³-hybridized carbons (Fsp3) is 0.944. The van der Waals surface area contributed by atoms with Crippen molar-refractivity contribution in [1.29, 1.82) is 0 Å². The summed E-state index contributed by atoms with van der Waals surface area (Å²) >= 11 is 0. The first-order chi connectivity index (χ1) is 11.1. The summed E-state index contributed by atoms with van der Waals surface area (Å²) in [5.74, 6) is 1.81. The van der Waals surface area contributed by atoms with Gasteiger partial charge in [0, 0.05) is 45.9 Å². The van der Waals surface area contributed by atoms with E-state index in [2.05, 4.69) is 40.9 Å². The molecule has 0 spiro atoms. The predicted molar refractivity (Wildman–Crippen MR) is 97.0 cm³/mol. The lowest BCUT2D eigenvalue weighted by molar-refractivity contribution is 0.0263. The molecule has 0 bridgehead atoms. The number of guanidine groups is 1. The SMILES string of the molecule is CCOC1CCN(C(=NC)NCC2CCCN(C(C)C)C2)CC1. The summed E-state index contributed by atoms with van der Waals surface area (Å²) in [6, 6.07) is 0.662. The molecule has 0 aromatic carbocycles. The number of nitrogens with one attached hydrogen (secondary N) is 1. The molecule has 2 saturated heterocycles. The number of hydrogen-bond acceptors (Lipinski definition) is 3. The van der Waals surface area contributed by atoms with Crippen molar-refractivity contribution in [2.24, 2.45) is 10.9 Å². The van der Waals surface area contributed by atoms with Gasteiger partial charge in [-0.2, -0.15) is 0 Å². The largest absolute Gasteiger partial charge is 0.378 e. The zero-order valence-corrected chi connectivity index (χ0v) is 15.6. The maximum Gasteiger partial charge on any atom is 0.193 e.